The number of sulfonamides is 1. The van der Waals surface area contributed by atoms with E-state index in [1.165, 1.54) is 35.2 Å². The first-order chi connectivity index (χ1) is 18.5. The molecule has 3 rings (SSSR count). The monoisotopic (exact) mass is 653 g/mol. The van der Waals surface area contributed by atoms with E-state index in [1.807, 2.05) is 31.2 Å². The van der Waals surface area contributed by atoms with Crippen LogP contribution in [-0.2, 0) is 26.2 Å². The minimum atomic E-state index is -4.23. The molecule has 2 amide bonds. The minimum absolute atomic E-state index is 0.0151. The van der Waals surface area contributed by atoms with E-state index in [0.29, 0.717) is 6.54 Å². The molecule has 0 aliphatic heterocycles. The molecule has 0 aromatic heterocycles. The zero-order valence-corrected chi connectivity index (χ0v) is 25.5. The highest BCUT2D eigenvalue weighted by atomic mass is 79.9. The van der Waals surface area contributed by atoms with Gasteiger partial charge in [0.25, 0.3) is 10.0 Å². The molecule has 7 nitrogen and oxygen atoms in total. The molecular formula is C28H30BrCl2N3O4S. The van der Waals surface area contributed by atoms with Gasteiger partial charge in [0.05, 0.1) is 15.6 Å². The lowest BCUT2D eigenvalue weighted by Crippen LogP contribution is -2.51. The Morgan fingerprint density at radius 2 is 1.67 bits per heavy atom. The van der Waals surface area contributed by atoms with Gasteiger partial charge in [-0.25, -0.2) is 8.42 Å². The molecule has 0 heterocycles. The predicted octanol–water partition coefficient (Wildman–Crippen LogP) is 6.28. The number of unbranched alkanes of at least 4 members (excludes halogenated alkanes) is 1. The molecular weight excluding hydrogens is 625 g/mol. The number of amides is 2. The number of benzene rings is 3. The third kappa shape index (κ3) is 8.20. The molecule has 0 saturated carbocycles. The van der Waals surface area contributed by atoms with Crippen molar-refractivity contribution in [3.05, 3.63) is 92.9 Å². The molecule has 208 valence electrons. The minimum Gasteiger partial charge on any atom is -0.354 e. The maximum atomic E-state index is 13.9. The number of halogens is 3. The molecule has 0 spiro atoms. The molecule has 0 saturated heterocycles. The first-order valence-corrected chi connectivity index (χ1v) is 15.4. The SMILES string of the molecule is CCCCNC(=O)[C@H](C)N(Cc1ccc(Br)cc1)C(=O)CN(c1cc(Cl)ccc1Cl)S(=O)(=O)c1ccccc1. The van der Waals surface area contributed by atoms with Gasteiger partial charge in [-0.1, -0.05) is 82.8 Å². The highest BCUT2D eigenvalue weighted by molar-refractivity contribution is 9.10. The van der Waals surface area contributed by atoms with Crippen molar-refractivity contribution in [1.82, 2.24) is 10.2 Å². The Morgan fingerprint density at radius 1 is 1.00 bits per heavy atom. The highest BCUT2D eigenvalue weighted by Crippen LogP contribution is 2.33. The van der Waals surface area contributed by atoms with Gasteiger partial charge in [0.2, 0.25) is 11.8 Å². The lowest BCUT2D eigenvalue weighted by molar-refractivity contribution is -0.139. The summed E-state index contributed by atoms with van der Waals surface area (Å²) in [6.45, 7) is 3.62. The van der Waals surface area contributed by atoms with Crippen LogP contribution in [0.15, 0.2) is 82.2 Å². The summed E-state index contributed by atoms with van der Waals surface area (Å²) in [6.07, 6.45) is 1.71. The Hall–Kier alpha value is -2.59. The first-order valence-electron chi connectivity index (χ1n) is 12.4. The van der Waals surface area contributed by atoms with Crippen molar-refractivity contribution >= 4 is 66.7 Å². The van der Waals surface area contributed by atoms with E-state index >= 15 is 0 Å². The van der Waals surface area contributed by atoms with Crippen LogP contribution < -0.4 is 9.62 Å². The number of anilines is 1. The van der Waals surface area contributed by atoms with Crippen LogP contribution in [0.2, 0.25) is 10.0 Å². The van der Waals surface area contributed by atoms with Crippen LogP contribution in [0.3, 0.4) is 0 Å². The number of hydrogen-bond donors (Lipinski definition) is 1. The summed E-state index contributed by atoms with van der Waals surface area (Å²) in [5.74, 6) is -0.904. The van der Waals surface area contributed by atoms with Gasteiger partial charge >= 0.3 is 0 Å². The van der Waals surface area contributed by atoms with Crippen molar-refractivity contribution < 1.29 is 18.0 Å². The Bertz CT molecular complexity index is 1390. The lowest BCUT2D eigenvalue weighted by atomic mass is 10.1. The van der Waals surface area contributed by atoms with Crippen molar-refractivity contribution in [1.29, 1.82) is 0 Å². The van der Waals surface area contributed by atoms with E-state index < -0.39 is 28.5 Å². The second-order valence-electron chi connectivity index (χ2n) is 8.89. The van der Waals surface area contributed by atoms with Crippen LogP contribution in [0.4, 0.5) is 5.69 Å². The second-order valence-corrected chi connectivity index (χ2v) is 12.5. The Labute approximate surface area is 248 Å². The molecule has 3 aromatic rings. The Balaban J connectivity index is 2.02. The maximum absolute atomic E-state index is 13.9. The largest absolute Gasteiger partial charge is 0.354 e. The van der Waals surface area contributed by atoms with Crippen LogP contribution >= 0.6 is 39.1 Å². The fourth-order valence-electron chi connectivity index (χ4n) is 3.82. The van der Waals surface area contributed by atoms with Gasteiger partial charge in [0.15, 0.2) is 0 Å². The molecule has 0 aliphatic rings. The van der Waals surface area contributed by atoms with Crippen LogP contribution in [0, 0.1) is 0 Å². The van der Waals surface area contributed by atoms with E-state index in [2.05, 4.69) is 21.2 Å². The molecule has 0 aliphatic carbocycles. The molecule has 1 atom stereocenters. The third-order valence-corrected chi connectivity index (χ3v) is 8.91. The molecule has 3 aromatic carbocycles. The molecule has 0 unspecified atom stereocenters. The number of nitrogens with zero attached hydrogens (tertiary/aromatic N) is 2. The average Bonchev–Trinajstić information content (AvgIpc) is 2.92. The van der Waals surface area contributed by atoms with Gasteiger partial charge in [0.1, 0.15) is 12.6 Å². The summed E-state index contributed by atoms with van der Waals surface area (Å²) in [4.78, 5) is 28.3. The van der Waals surface area contributed by atoms with E-state index in [4.69, 9.17) is 23.2 Å². The van der Waals surface area contributed by atoms with Gasteiger partial charge in [-0.3, -0.25) is 13.9 Å². The van der Waals surface area contributed by atoms with Crippen LogP contribution in [-0.4, -0.2) is 44.3 Å². The summed E-state index contributed by atoms with van der Waals surface area (Å²) in [5.41, 5.74) is 0.836. The number of carbonyl (C=O) groups is 2. The normalized spacial score (nSPS) is 12.0. The van der Waals surface area contributed by atoms with Crippen LogP contribution in [0.5, 0.6) is 0 Å². The third-order valence-electron chi connectivity index (χ3n) is 6.05. The van der Waals surface area contributed by atoms with E-state index in [0.717, 1.165) is 27.2 Å². The zero-order chi connectivity index (χ0) is 28.6. The topological polar surface area (TPSA) is 86.8 Å². The maximum Gasteiger partial charge on any atom is 0.264 e. The predicted molar refractivity (Wildman–Crippen MR) is 160 cm³/mol. The van der Waals surface area contributed by atoms with Gasteiger partial charge in [0, 0.05) is 22.6 Å². The average molecular weight is 655 g/mol. The second kappa shape index (κ2) is 14.2. The molecule has 39 heavy (non-hydrogen) atoms. The van der Waals surface area contributed by atoms with Crippen molar-refractivity contribution in [2.45, 2.75) is 44.2 Å². The summed E-state index contributed by atoms with van der Waals surface area (Å²) < 4.78 is 29.4. The summed E-state index contributed by atoms with van der Waals surface area (Å²) in [5, 5.41) is 3.22. The van der Waals surface area contributed by atoms with Gasteiger partial charge in [-0.15, -0.1) is 0 Å². The number of hydrogen-bond acceptors (Lipinski definition) is 4. The van der Waals surface area contributed by atoms with Crippen molar-refractivity contribution in [2.75, 3.05) is 17.4 Å². The van der Waals surface area contributed by atoms with Crippen molar-refractivity contribution in [3.63, 3.8) is 0 Å². The number of rotatable bonds is 12. The summed E-state index contributed by atoms with van der Waals surface area (Å²) in [7, 11) is -4.23. The smallest absolute Gasteiger partial charge is 0.264 e. The number of carbonyl (C=O) groups excluding carboxylic acids is 2. The van der Waals surface area contributed by atoms with E-state index in [-0.39, 0.29) is 33.1 Å². The van der Waals surface area contributed by atoms with E-state index in [1.54, 1.807) is 25.1 Å². The van der Waals surface area contributed by atoms with Crippen LogP contribution in [0.1, 0.15) is 32.3 Å². The quantitative estimate of drug-likeness (QED) is 0.233. The van der Waals surface area contributed by atoms with Gasteiger partial charge in [-0.2, -0.15) is 0 Å². The van der Waals surface area contributed by atoms with Crippen LogP contribution in [0.25, 0.3) is 0 Å². The summed E-state index contributed by atoms with van der Waals surface area (Å²) >= 11 is 16.0. The molecule has 0 fully saturated rings. The van der Waals surface area contributed by atoms with Crippen molar-refractivity contribution in [3.8, 4) is 0 Å². The van der Waals surface area contributed by atoms with Gasteiger partial charge in [-0.05, 0) is 61.4 Å². The fraction of sp³-hybridized carbons (Fsp3) is 0.286. The zero-order valence-electron chi connectivity index (χ0n) is 21.6. The molecule has 0 bridgehead atoms. The highest BCUT2D eigenvalue weighted by Gasteiger charge is 2.33. The van der Waals surface area contributed by atoms with Crippen molar-refractivity contribution in [2.24, 2.45) is 0 Å². The Kier molecular flexibility index (Phi) is 11.2. The number of nitrogens with one attached hydrogen (secondary N) is 1. The summed E-state index contributed by atoms with van der Waals surface area (Å²) in [6, 6.07) is 18.6. The van der Waals surface area contributed by atoms with Gasteiger partial charge < -0.3 is 10.2 Å². The standard InChI is InChI=1S/C28H30BrCl2N3O4S/c1-3-4-16-32-28(36)20(2)33(18-21-10-12-22(29)13-11-21)27(35)19-34(26-17-23(30)14-15-25(26)31)39(37,38)24-8-6-5-7-9-24/h5-15,17,20H,3-4,16,18-19H2,1-2H3,(H,32,36)/t20-/m0/s1. The first kappa shape index (κ1) is 30.9. The Morgan fingerprint density at radius 3 is 2.31 bits per heavy atom. The molecule has 0 radical (unpaired) electrons. The lowest BCUT2D eigenvalue weighted by Gasteiger charge is -2.32. The molecule has 11 heteroatoms. The van der Waals surface area contributed by atoms with E-state index in [9.17, 15) is 18.0 Å². The molecule has 1 N–H and O–H groups in total. The fourth-order valence-corrected chi connectivity index (χ4v) is 5.96.